The van der Waals surface area contributed by atoms with Crippen LogP contribution in [0.15, 0.2) is 12.7 Å². The molecule has 0 heterocycles. The van der Waals surface area contributed by atoms with Crippen molar-refractivity contribution in [1.82, 2.24) is 10.6 Å². The SMILES string of the molecule is C=CCCNCCC(=O)NCC. The number of amides is 1. The van der Waals surface area contributed by atoms with Crippen molar-refractivity contribution < 1.29 is 4.79 Å². The predicted molar refractivity (Wildman–Crippen MR) is 51.0 cm³/mol. The molecule has 0 aliphatic heterocycles. The first-order valence-electron chi connectivity index (χ1n) is 4.39. The van der Waals surface area contributed by atoms with E-state index in [1.165, 1.54) is 0 Å². The summed E-state index contributed by atoms with van der Waals surface area (Å²) in [6.45, 7) is 7.89. The molecule has 0 unspecified atom stereocenters. The van der Waals surface area contributed by atoms with E-state index in [0.29, 0.717) is 13.0 Å². The highest BCUT2D eigenvalue weighted by atomic mass is 16.1. The Morgan fingerprint density at radius 3 is 2.83 bits per heavy atom. The van der Waals surface area contributed by atoms with E-state index in [-0.39, 0.29) is 5.91 Å². The fourth-order valence-corrected chi connectivity index (χ4v) is 0.817. The van der Waals surface area contributed by atoms with E-state index in [1.54, 1.807) is 0 Å². The summed E-state index contributed by atoms with van der Waals surface area (Å²) in [5.41, 5.74) is 0. The van der Waals surface area contributed by atoms with Gasteiger partial charge in [0, 0.05) is 19.5 Å². The summed E-state index contributed by atoms with van der Waals surface area (Å²) in [4.78, 5) is 10.9. The number of nitrogens with one attached hydrogen (secondary N) is 2. The number of carbonyl (C=O) groups is 1. The standard InChI is InChI=1S/C9H18N2O/c1-3-5-7-10-8-6-9(12)11-4-2/h3,10H,1,4-8H2,2H3,(H,11,12). The topological polar surface area (TPSA) is 41.1 Å². The monoisotopic (exact) mass is 170 g/mol. The van der Waals surface area contributed by atoms with Gasteiger partial charge in [-0.3, -0.25) is 4.79 Å². The lowest BCUT2D eigenvalue weighted by atomic mass is 10.3. The van der Waals surface area contributed by atoms with Crippen molar-refractivity contribution in [3.63, 3.8) is 0 Å². The van der Waals surface area contributed by atoms with E-state index in [2.05, 4.69) is 17.2 Å². The van der Waals surface area contributed by atoms with Gasteiger partial charge >= 0.3 is 0 Å². The third-order valence-corrected chi connectivity index (χ3v) is 1.43. The summed E-state index contributed by atoms with van der Waals surface area (Å²) in [5.74, 6) is 0.114. The van der Waals surface area contributed by atoms with Crippen LogP contribution in [0.5, 0.6) is 0 Å². The normalized spacial score (nSPS) is 9.42. The number of hydrogen-bond donors (Lipinski definition) is 2. The van der Waals surface area contributed by atoms with Crippen molar-refractivity contribution in [2.75, 3.05) is 19.6 Å². The highest BCUT2D eigenvalue weighted by Crippen LogP contribution is 1.79. The Morgan fingerprint density at radius 1 is 1.50 bits per heavy atom. The van der Waals surface area contributed by atoms with E-state index in [0.717, 1.165) is 19.5 Å². The van der Waals surface area contributed by atoms with Crippen molar-refractivity contribution in [1.29, 1.82) is 0 Å². The zero-order chi connectivity index (χ0) is 9.23. The molecule has 12 heavy (non-hydrogen) atoms. The molecule has 3 heteroatoms. The first-order chi connectivity index (χ1) is 5.81. The number of rotatable bonds is 7. The summed E-state index contributed by atoms with van der Waals surface area (Å²) in [7, 11) is 0. The second kappa shape index (κ2) is 8.27. The zero-order valence-electron chi connectivity index (χ0n) is 7.73. The molecule has 0 saturated carbocycles. The van der Waals surface area contributed by atoms with Crippen LogP contribution in [0.25, 0.3) is 0 Å². The summed E-state index contributed by atoms with van der Waals surface area (Å²) in [5, 5.41) is 5.88. The molecule has 3 nitrogen and oxygen atoms in total. The van der Waals surface area contributed by atoms with Gasteiger partial charge < -0.3 is 10.6 Å². The molecule has 0 aromatic rings. The van der Waals surface area contributed by atoms with Crippen LogP contribution in [-0.2, 0) is 4.79 Å². The quantitative estimate of drug-likeness (QED) is 0.436. The molecule has 0 fully saturated rings. The molecule has 2 N–H and O–H groups in total. The van der Waals surface area contributed by atoms with Gasteiger partial charge in [-0.25, -0.2) is 0 Å². The molecule has 0 radical (unpaired) electrons. The van der Waals surface area contributed by atoms with Crippen LogP contribution in [0.2, 0.25) is 0 Å². The maximum atomic E-state index is 10.9. The lowest BCUT2D eigenvalue weighted by molar-refractivity contribution is -0.120. The lowest BCUT2D eigenvalue weighted by Gasteiger charge is -2.02. The Bertz CT molecular complexity index is 134. The molecule has 0 saturated heterocycles. The Balaban J connectivity index is 3.08. The highest BCUT2D eigenvalue weighted by Gasteiger charge is 1.96. The summed E-state index contributed by atoms with van der Waals surface area (Å²) in [6, 6.07) is 0. The maximum Gasteiger partial charge on any atom is 0.221 e. The summed E-state index contributed by atoms with van der Waals surface area (Å²) in [6.07, 6.45) is 3.37. The third kappa shape index (κ3) is 7.28. The van der Waals surface area contributed by atoms with Crippen molar-refractivity contribution >= 4 is 5.91 Å². The Labute approximate surface area is 74.2 Å². The predicted octanol–water partition coefficient (Wildman–Crippen LogP) is 0.678. The van der Waals surface area contributed by atoms with Gasteiger partial charge in [0.15, 0.2) is 0 Å². The average Bonchev–Trinajstić information content (AvgIpc) is 2.05. The minimum absolute atomic E-state index is 0.114. The van der Waals surface area contributed by atoms with Gasteiger partial charge in [-0.1, -0.05) is 6.08 Å². The average molecular weight is 170 g/mol. The van der Waals surface area contributed by atoms with Crippen LogP contribution in [0.1, 0.15) is 19.8 Å². The van der Waals surface area contributed by atoms with Gasteiger partial charge in [-0.2, -0.15) is 0 Å². The molecular weight excluding hydrogens is 152 g/mol. The van der Waals surface area contributed by atoms with Crippen molar-refractivity contribution in [2.45, 2.75) is 19.8 Å². The van der Waals surface area contributed by atoms with Crippen LogP contribution < -0.4 is 10.6 Å². The summed E-state index contributed by atoms with van der Waals surface area (Å²) >= 11 is 0. The van der Waals surface area contributed by atoms with Gasteiger partial charge in [0.25, 0.3) is 0 Å². The first kappa shape index (κ1) is 11.2. The van der Waals surface area contributed by atoms with Gasteiger partial charge in [0.2, 0.25) is 5.91 Å². The molecule has 0 aliphatic carbocycles. The Morgan fingerprint density at radius 2 is 2.25 bits per heavy atom. The second-order valence-electron chi connectivity index (χ2n) is 2.53. The van der Waals surface area contributed by atoms with Gasteiger partial charge in [0.05, 0.1) is 0 Å². The van der Waals surface area contributed by atoms with Crippen LogP contribution in [-0.4, -0.2) is 25.5 Å². The van der Waals surface area contributed by atoms with Crippen molar-refractivity contribution in [2.24, 2.45) is 0 Å². The van der Waals surface area contributed by atoms with Gasteiger partial charge in [-0.05, 0) is 19.9 Å². The molecule has 0 aromatic carbocycles. The molecule has 1 amide bonds. The fraction of sp³-hybridized carbons (Fsp3) is 0.667. The van der Waals surface area contributed by atoms with E-state index in [9.17, 15) is 4.79 Å². The molecule has 0 bridgehead atoms. The van der Waals surface area contributed by atoms with Gasteiger partial charge in [-0.15, -0.1) is 6.58 Å². The van der Waals surface area contributed by atoms with Crippen LogP contribution in [0, 0.1) is 0 Å². The lowest BCUT2D eigenvalue weighted by Crippen LogP contribution is -2.27. The van der Waals surface area contributed by atoms with Crippen LogP contribution in [0.4, 0.5) is 0 Å². The zero-order valence-corrected chi connectivity index (χ0v) is 7.73. The minimum Gasteiger partial charge on any atom is -0.356 e. The third-order valence-electron chi connectivity index (χ3n) is 1.43. The van der Waals surface area contributed by atoms with E-state index >= 15 is 0 Å². The van der Waals surface area contributed by atoms with Gasteiger partial charge in [0.1, 0.15) is 0 Å². The minimum atomic E-state index is 0.114. The Kier molecular flexibility index (Phi) is 7.70. The molecule has 70 valence electrons. The van der Waals surface area contributed by atoms with E-state index < -0.39 is 0 Å². The van der Waals surface area contributed by atoms with Crippen molar-refractivity contribution in [3.8, 4) is 0 Å². The van der Waals surface area contributed by atoms with Crippen LogP contribution in [0.3, 0.4) is 0 Å². The molecular formula is C9H18N2O. The molecule has 0 aliphatic rings. The highest BCUT2D eigenvalue weighted by molar-refractivity contribution is 5.75. The largest absolute Gasteiger partial charge is 0.356 e. The Hall–Kier alpha value is -0.830. The van der Waals surface area contributed by atoms with Crippen molar-refractivity contribution in [3.05, 3.63) is 12.7 Å². The van der Waals surface area contributed by atoms with E-state index in [4.69, 9.17) is 0 Å². The molecule has 0 spiro atoms. The molecule has 0 atom stereocenters. The number of hydrogen-bond acceptors (Lipinski definition) is 2. The fourth-order valence-electron chi connectivity index (χ4n) is 0.817. The van der Waals surface area contributed by atoms with Crippen LogP contribution >= 0.6 is 0 Å². The second-order valence-corrected chi connectivity index (χ2v) is 2.53. The van der Waals surface area contributed by atoms with E-state index in [1.807, 2.05) is 13.0 Å². The first-order valence-corrected chi connectivity index (χ1v) is 4.39. The molecule has 0 aromatic heterocycles. The maximum absolute atomic E-state index is 10.9. The number of carbonyl (C=O) groups excluding carboxylic acids is 1. The smallest absolute Gasteiger partial charge is 0.221 e. The molecule has 0 rings (SSSR count). The summed E-state index contributed by atoms with van der Waals surface area (Å²) < 4.78 is 0.